The lowest BCUT2D eigenvalue weighted by atomic mass is 10.1. The van der Waals surface area contributed by atoms with Crippen LogP contribution in [0.1, 0.15) is 239 Å². The molecule has 0 aromatic heterocycles. The first-order chi connectivity index (χ1) is 31.6. The number of carbonyl (C=O) groups excluding carboxylic acids is 2. The van der Waals surface area contributed by atoms with E-state index in [4.69, 9.17) is 14.2 Å². The van der Waals surface area contributed by atoms with Crippen molar-refractivity contribution in [3.05, 3.63) is 97.2 Å². The van der Waals surface area contributed by atoms with E-state index in [9.17, 15) is 9.59 Å². The average Bonchev–Trinajstić information content (AvgIpc) is 3.30. The van der Waals surface area contributed by atoms with Crippen LogP contribution < -0.4 is 0 Å². The molecule has 0 aliphatic heterocycles. The van der Waals surface area contributed by atoms with Crippen LogP contribution in [-0.2, 0) is 23.8 Å². The maximum absolute atomic E-state index is 12.8. The number of hydrogen-bond donors (Lipinski definition) is 0. The molecule has 0 radical (unpaired) electrons. The molecule has 0 aliphatic carbocycles. The van der Waals surface area contributed by atoms with Gasteiger partial charge in [-0.25, -0.2) is 0 Å². The van der Waals surface area contributed by atoms with Gasteiger partial charge in [0.15, 0.2) is 6.10 Å². The number of unbranched alkanes of at least 4 members (excludes halogenated alkanes) is 21. The summed E-state index contributed by atoms with van der Waals surface area (Å²) in [6.45, 7) is 7.55. The minimum absolute atomic E-state index is 0.0616. The molecule has 0 N–H and O–H groups in total. The third kappa shape index (κ3) is 51.5. The zero-order chi connectivity index (χ0) is 46.3. The smallest absolute Gasteiger partial charge is 0.306 e. The van der Waals surface area contributed by atoms with Crippen molar-refractivity contribution in [1.29, 1.82) is 0 Å². The molecule has 1 unspecified atom stereocenters. The van der Waals surface area contributed by atoms with E-state index in [-0.39, 0.29) is 25.2 Å². The molecule has 0 heterocycles. The molecule has 0 rings (SSSR count). The Morgan fingerprint density at radius 2 is 0.703 bits per heavy atom. The first kappa shape index (κ1) is 60.8. The van der Waals surface area contributed by atoms with Gasteiger partial charge in [-0.15, -0.1) is 0 Å². The second kappa shape index (κ2) is 54.2. The molecule has 0 bridgehead atoms. The van der Waals surface area contributed by atoms with E-state index in [0.717, 1.165) is 116 Å². The largest absolute Gasteiger partial charge is 0.462 e. The van der Waals surface area contributed by atoms with Crippen LogP contribution in [0, 0.1) is 0 Å². The fraction of sp³-hybridized carbons (Fsp3) is 0.695. The highest BCUT2D eigenvalue weighted by molar-refractivity contribution is 5.70. The van der Waals surface area contributed by atoms with Gasteiger partial charge in [0.2, 0.25) is 0 Å². The van der Waals surface area contributed by atoms with Crippen molar-refractivity contribution in [3.63, 3.8) is 0 Å². The number of ether oxygens (including phenoxy) is 3. The van der Waals surface area contributed by atoms with Crippen molar-refractivity contribution in [2.24, 2.45) is 0 Å². The summed E-state index contributed by atoms with van der Waals surface area (Å²) in [7, 11) is 0. The summed E-state index contributed by atoms with van der Waals surface area (Å²) < 4.78 is 17.4. The Hall–Kier alpha value is -3.18. The van der Waals surface area contributed by atoms with Crippen LogP contribution >= 0.6 is 0 Å². The molecule has 64 heavy (non-hydrogen) atoms. The number of esters is 2. The van der Waals surface area contributed by atoms with Gasteiger partial charge >= 0.3 is 11.9 Å². The molecule has 366 valence electrons. The van der Waals surface area contributed by atoms with Crippen molar-refractivity contribution in [2.75, 3.05) is 19.8 Å². The van der Waals surface area contributed by atoms with Crippen molar-refractivity contribution in [1.82, 2.24) is 0 Å². The first-order valence-electron chi connectivity index (χ1n) is 26.8. The van der Waals surface area contributed by atoms with E-state index in [1.165, 1.54) is 89.9 Å². The van der Waals surface area contributed by atoms with Crippen LogP contribution in [0.2, 0.25) is 0 Å². The van der Waals surface area contributed by atoms with Crippen LogP contribution in [0.3, 0.4) is 0 Å². The summed E-state index contributed by atoms with van der Waals surface area (Å²) in [4.78, 5) is 25.5. The Bertz CT molecular complexity index is 1230. The van der Waals surface area contributed by atoms with E-state index in [1.54, 1.807) is 0 Å². The van der Waals surface area contributed by atoms with Gasteiger partial charge in [-0.1, -0.05) is 208 Å². The molecular formula is C59H100O5. The summed E-state index contributed by atoms with van der Waals surface area (Å²) in [6.07, 6.45) is 72.7. The van der Waals surface area contributed by atoms with E-state index < -0.39 is 6.10 Å². The minimum atomic E-state index is -0.560. The van der Waals surface area contributed by atoms with E-state index in [1.807, 2.05) is 0 Å². The minimum Gasteiger partial charge on any atom is -0.462 e. The maximum atomic E-state index is 12.8. The Morgan fingerprint density at radius 3 is 1.14 bits per heavy atom. The molecule has 0 saturated carbocycles. The van der Waals surface area contributed by atoms with Crippen LogP contribution in [0.25, 0.3) is 0 Å². The van der Waals surface area contributed by atoms with Gasteiger partial charge in [0.25, 0.3) is 0 Å². The van der Waals surface area contributed by atoms with Gasteiger partial charge in [-0.2, -0.15) is 0 Å². The Labute approximate surface area is 396 Å². The number of carbonyl (C=O) groups is 2. The standard InChI is InChI=1S/C59H100O5/c1-4-7-10-13-16-19-22-25-28-30-32-34-37-40-43-46-49-52-58(60)63-56-57(55-62-54-51-48-45-42-39-36-27-24-21-18-15-12-9-6-3)64-59(61)53-50-47-44-41-38-35-33-31-29-26-23-20-17-14-11-8-5-2/h7-8,10-11,16-17,19-21,24-26,28-29,32,34,57H,4-6,9,12-15,18,22-23,27,30-31,33,35-56H2,1-3H3/b10-7-,11-8-,19-16-,20-17-,24-21-,28-25-,29-26-,34-32-. The molecule has 0 aromatic carbocycles. The van der Waals surface area contributed by atoms with Gasteiger partial charge in [-0.05, 0) is 116 Å². The maximum Gasteiger partial charge on any atom is 0.306 e. The normalized spacial score (nSPS) is 13.0. The lowest BCUT2D eigenvalue weighted by Gasteiger charge is -2.18. The van der Waals surface area contributed by atoms with Crippen LogP contribution in [0.4, 0.5) is 0 Å². The Morgan fingerprint density at radius 1 is 0.359 bits per heavy atom. The molecule has 0 aliphatic rings. The molecular weight excluding hydrogens is 789 g/mol. The van der Waals surface area contributed by atoms with Crippen molar-refractivity contribution in [3.8, 4) is 0 Å². The van der Waals surface area contributed by atoms with Gasteiger partial charge in [0.1, 0.15) is 6.61 Å². The fourth-order valence-electron chi connectivity index (χ4n) is 7.16. The van der Waals surface area contributed by atoms with Crippen LogP contribution in [-0.4, -0.2) is 37.9 Å². The van der Waals surface area contributed by atoms with Crippen molar-refractivity contribution >= 4 is 11.9 Å². The van der Waals surface area contributed by atoms with E-state index in [0.29, 0.717) is 19.4 Å². The summed E-state index contributed by atoms with van der Waals surface area (Å²) in [5.41, 5.74) is 0. The van der Waals surface area contributed by atoms with Gasteiger partial charge in [0.05, 0.1) is 6.61 Å². The Balaban J connectivity index is 4.35. The summed E-state index contributed by atoms with van der Waals surface area (Å²) in [5, 5.41) is 0. The molecule has 1 atom stereocenters. The predicted octanol–water partition coefficient (Wildman–Crippen LogP) is 18.2. The number of allylic oxidation sites excluding steroid dienone is 16. The van der Waals surface area contributed by atoms with Crippen molar-refractivity contribution < 1.29 is 23.8 Å². The quantitative estimate of drug-likeness (QED) is 0.0346. The first-order valence-corrected chi connectivity index (χ1v) is 26.8. The third-order valence-corrected chi connectivity index (χ3v) is 11.1. The van der Waals surface area contributed by atoms with Gasteiger partial charge in [-0.3, -0.25) is 9.59 Å². The van der Waals surface area contributed by atoms with E-state index in [2.05, 4.69) is 118 Å². The van der Waals surface area contributed by atoms with E-state index >= 15 is 0 Å². The highest BCUT2D eigenvalue weighted by Gasteiger charge is 2.17. The highest BCUT2D eigenvalue weighted by Crippen LogP contribution is 2.13. The Kier molecular flexibility index (Phi) is 51.5. The third-order valence-electron chi connectivity index (χ3n) is 11.1. The van der Waals surface area contributed by atoms with Gasteiger partial charge < -0.3 is 14.2 Å². The zero-order valence-corrected chi connectivity index (χ0v) is 42.0. The van der Waals surface area contributed by atoms with Crippen LogP contribution in [0.15, 0.2) is 97.2 Å². The topological polar surface area (TPSA) is 61.8 Å². The monoisotopic (exact) mass is 889 g/mol. The highest BCUT2D eigenvalue weighted by atomic mass is 16.6. The summed E-state index contributed by atoms with van der Waals surface area (Å²) >= 11 is 0. The number of rotatable bonds is 48. The molecule has 0 fully saturated rings. The van der Waals surface area contributed by atoms with Gasteiger partial charge in [0, 0.05) is 19.4 Å². The molecule has 0 amide bonds. The molecule has 0 aromatic rings. The predicted molar refractivity (Wildman–Crippen MR) is 279 cm³/mol. The average molecular weight is 889 g/mol. The summed E-state index contributed by atoms with van der Waals surface area (Å²) in [6, 6.07) is 0. The molecule has 0 saturated heterocycles. The second-order valence-corrected chi connectivity index (χ2v) is 17.4. The SMILES string of the molecule is CC/C=C\C/C=C\C/C=C\C/C=C\CCCCCCC(=O)OCC(COCCCCCCCC/C=C\CCCCCC)OC(=O)CCCCCCCCC/C=C\C/C=C\C/C=C\CC. The lowest BCUT2D eigenvalue weighted by molar-refractivity contribution is -0.163. The second-order valence-electron chi connectivity index (χ2n) is 17.4. The molecule has 5 heteroatoms. The molecule has 0 spiro atoms. The number of hydrogen-bond acceptors (Lipinski definition) is 5. The summed E-state index contributed by atoms with van der Waals surface area (Å²) in [5.74, 6) is -0.440. The van der Waals surface area contributed by atoms with Crippen molar-refractivity contribution in [2.45, 2.75) is 245 Å². The lowest BCUT2D eigenvalue weighted by Crippen LogP contribution is -2.30. The fourth-order valence-corrected chi connectivity index (χ4v) is 7.16. The molecule has 5 nitrogen and oxygen atoms in total. The van der Waals surface area contributed by atoms with Crippen LogP contribution in [0.5, 0.6) is 0 Å². The zero-order valence-electron chi connectivity index (χ0n) is 42.0.